The van der Waals surface area contributed by atoms with Crippen LogP contribution in [0, 0.1) is 0 Å². The van der Waals surface area contributed by atoms with Crippen molar-refractivity contribution in [3.63, 3.8) is 0 Å². The van der Waals surface area contributed by atoms with Gasteiger partial charge in [-0.05, 0) is 0 Å². The summed E-state index contributed by atoms with van der Waals surface area (Å²) in [5.41, 5.74) is 13.5. The van der Waals surface area contributed by atoms with E-state index in [0.29, 0.717) is 0 Å². The second kappa shape index (κ2) is 12.5. The zero-order valence-electron chi connectivity index (χ0n) is 25.9. The van der Waals surface area contributed by atoms with E-state index in [1.807, 2.05) is 0 Å². The van der Waals surface area contributed by atoms with Crippen molar-refractivity contribution < 1.29 is 0 Å². The molecule has 0 unspecified atom stereocenters. The Kier molecular flexibility index (Phi) is 7.56. The Hall–Kier alpha value is -5.11. The summed E-state index contributed by atoms with van der Waals surface area (Å²) >= 11 is 1.02. The molecule has 0 spiro atoms. The molecule has 0 N–H and O–H groups in total. The van der Waals surface area contributed by atoms with Gasteiger partial charge in [0, 0.05) is 0 Å². The van der Waals surface area contributed by atoms with Gasteiger partial charge in [0.15, 0.2) is 0 Å². The van der Waals surface area contributed by atoms with Crippen LogP contribution < -0.4 is 0 Å². The van der Waals surface area contributed by atoms with Crippen LogP contribution in [0.3, 0.4) is 0 Å². The van der Waals surface area contributed by atoms with E-state index < -0.39 is 20.4 Å². The number of hydrogen-bond acceptors (Lipinski definition) is 3. The van der Waals surface area contributed by atoms with Crippen LogP contribution in [0.4, 0.5) is 0 Å². The third-order valence-corrected chi connectivity index (χ3v) is 13.1. The van der Waals surface area contributed by atoms with Gasteiger partial charge in [-0.1, -0.05) is 0 Å². The minimum atomic E-state index is -0.785. The Balaban J connectivity index is 1.49. The third-order valence-electron chi connectivity index (χ3n) is 8.75. The number of fused-ring (bicyclic) bond motifs is 8. The van der Waals surface area contributed by atoms with Crippen molar-refractivity contribution in [1.29, 1.82) is 0 Å². The molecule has 48 heavy (non-hydrogen) atoms. The average Bonchev–Trinajstić information content (AvgIpc) is 3.98. The van der Waals surface area contributed by atoms with Gasteiger partial charge in [0.1, 0.15) is 0 Å². The summed E-state index contributed by atoms with van der Waals surface area (Å²) in [4.78, 5) is 10.9. The summed E-state index contributed by atoms with van der Waals surface area (Å²) in [7, 11) is 0. The van der Waals surface area contributed by atoms with Gasteiger partial charge in [-0.2, -0.15) is 0 Å². The zero-order chi connectivity index (χ0) is 31.9. The van der Waals surface area contributed by atoms with E-state index in [9.17, 15) is 0 Å². The number of hydrogen-bond donors (Lipinski definition) is 0. The second-order valence-corrected chi connectivity index (χ2v) is 15.9. The predicted octanol–water partition coefficient (Wildman–Crippen LogP) is 11.8. The first-order chi connectivity index (χ1) is 23.8. The normalized spacial score (nSPS) is 12.0. The molecule has 2 aliphatic heterocycles. The Bertz CT molecular complexity index is 2180. The van der Waals surface area contributed by atoms with E-state index in [0.717, 1.165) is 45.0 Å². The van der Waals surface area contributed by atoms with E-state index >= 15 is 0 Å². The fourth-order valence-electron chi connectivity index (χ4n) is 6.58. The first-order valence-corrected chi connectivity index (χ1v) is 19.1. The molecule has 226 valence electrons. The molecule has 0 aliphatic carbocycles. The van der Waals surface area contributed by atoms with Crippen molar-refractivity contribution in [2.75, 3.05) is 0 Å². The monoisotopic (exact) mass is 746 g/mol. The van der Waals surface area contributed by atoms with Crippen LogP contribution in [0.2, 0.25) is 0 Å². The fourth-order valence-corrected chi connectivity index (χ4v) is 11.0. The van der Waals surface area contributed by atoms with E-state index in [-0.39, 0.29) is 0 Å². The van der Waals surface area contributed by atoms with Crippen LogP contribution in [0.1, 0.15) is 22.8 Å². The van der Waals surface area contributed by atoms with Crippen LogP contribution >= 0.6 is 11.3 Å². The molecule has 0 saturated heterocycles. The molecule has 8 bridgehead atoms. The van der Waals surface area contributed by atoms with Crippen molar-refractivity contribution in [2.24, 2.45) is 0 Å². The van der Waals surface area contributed by atoms with Crippen LogP contribution in [0.25, 0.3) is 85.0 Å². The van der Waals surface area contributed by atoms with Crippen molar-refractivity contribution >= 4 is 72.3 Å². The summed E-state index contributed by atoms with van der Waals surface area (Å²) in [6.07, 6.45) is 8.84. The van der Waals surface area contributed by atoms with Crippen molar-refractivity contribution in [3.8, 4) is 44.5 Å². The van der Waals surface area contributed by atoms with E-state index in [2.05, 4.69) is 170 Å². The van der Waals surface area contributed by atoms with Gasteiger partial charge in [0.25, 0.3) is 0 Å². The Morgan fingerprint density at radius 1 is 0.333 bits per heavy atom. The Morgan fingerprint density at radius 3 is 1.00 bits per heavy atom. The van der Waals surface area contributed by atoms with Crippen molar-refractivity contribution in [3.05, 3.63) is 168 Å². The van der Waals surface area contributed by atoms with Crippen molar-refractivity contribution in [1.82, 2.24) is 9.97 Å². The number of aromatic nitrogens is 2. The maximum absolute atomic E-state index is 5.44. The SMILES string of the molecule is C1=Cc2nc1c(-c1ccccc1)c1ccc(s1)c(-c1ccccc1)c1nc(c(-c3ccccc3)c3ccc([te]3)c2-c2ccccc2)C=C1. The zero-order valence-corrected chi connectivity index (χ0v) is 29.0. The Labute approximate surface area is 293 Å². The molecule has 0 fully saturated rings. The standard InChI is InChI=1S/C44H28N2STe/c1-5-13-29(14-6-1)41-33-21-23-35(45-33)43(31-17-9-3-10-18-31)39-27-28-40(48-39)44(32-19-11-4-12-20-32)36-24-22-34(46-36)42(30-15-7-2-8-16-30)38-26-25-37(41)47-38/h1-28H. The van der Waals surface area contributed by atoms with Crippen LogP contribution in [0.5, 0.6) is 0 Å². The van der Waals surface area contributed by atoms with E-state index in [4.69, 9.17) is 9.97 Å². The molecule has 0 radical (unpaired) electrons. The van der Waals surface area contributed by atoms with Gasteiger partial charge in [-0.15, -0.1) is 0 Å². The molecule has 5 heterocycles. The predicted molar refractivity (Wildman–Crippen MR) is 207 cm³/mol. The number of rotatable bonds is 4. The third kappa shape index (κ3) is 5.29. The molecule has 9 rings (SSSR count). The molecule has 0 atom stereocenters. The summed E-state index contributed by atoms with van der Waals surface area (Å²) < 4.78 is 5.14. The molecule has 7 aromatic rings. The van der Waals surface area contributed by atoms with Crippen LogP contribution in [-0.2, 0) is 0 Å². The van der Waals surface area contributed by atoms with Gasteiger partial charge in [0.05, 0.1) is 0 Å². The number of nitrogens with zero attached hydrogens (tertiary/aromatic N) is 2. The fraction of sp³-hybridized carbons (Fsp3) is 0. The first kappa shape index (κ1) is 29.1. The summed E-state index contributed by atoms with van der Waals surface area (Å²) in [6.45, 7) is 0. The van der Waals surface area contributed by atoms with Gasteiger partial charge in [-0.25, -0.2) is 0 Å². The molecule has 2 nitrogen and oxygen atoms in total. The Morgan fingerprint density at radius 2 is 0.646 bits per heavy atom. The van der Waals surface area contributed by atoms with Gasteiger partial charge in [-0.3, -0.25) is 0 Å². The van der Waals surface area contributed by atoms with Gasteiger partial charge >= 0.3 is 295 Å². The van der Waals surface area contributed by atoms with Crippen LogP contribution in [-0.4, -0.2) is 30.4 Å². The van der Waals surface area contributed by atoms with Gasteiger partial charge in [0.2, 0.25) is 0 Å². The van der Waals surface area contributed by atoms with Crippen molar-refractivity contribution in [2.45, 2.75) is 0 Å². The number of thiophene rings is 1. The maximum atomic E-state index is 5.44. The summed E-state index contributed by atoms with van der Waals surface area (Å²) in [5.74, 6) is 0. The molecule has 3 aromatic heterocycles. The molecule has 0 amide bonds. The quantitative estimate of drug-likeness (QED) is 0.168. The van der Waals surface area contributed by atoms with Gasteiger partial charge < -0.3 is 0 Å². The molecular formula is C44H28N2STe. The summed E-state index contributed by atoms with van der Waals surface area (Å²) in [5, 5.41) is 0. The van der Waals surface area contributed by atoms with E-state index in [1.165, 1.54) is 38.5 Å². The molecule has 4 aromatic carbocycles. The molecule has 0 saturated carbocycles. The first-order valence-electron chi connectivity index (χ1n) is 16.0. The molecule has 2 aliphatic rings. The second-order valence-electron chi connectivity index (χ2n) is 11.7. The summed E-state index contributed by atoms with van der Waals surface area (Å²) in [6, 6.07) is 52.1. The number of benzene rings is 4. The topological polar surface area (TPSA) is 25.8 Å². The van der Waals surface area contributed by atoms with Crippen LogP contribution in [0.15, 0.2) is 146 Å². The van der Waals surface area contributed by atoms with E-state index in [1.54, 1.807) is 11.3 Å². The average molecular weight is 744 g/mol. The minimum absolute atomic E-state index is 0.785. The molecular weight excluding hydrogens is 716 g/mol. The molecule has 4 heteroatoms.